The first-order valence-corrected chi connectivity index (χ1v) is 6.27. The van der Waals surface area contributed by atoms with E-state index in [2.05, 4.69) is 12.3 Å². The summed E-state index contributed by atoms with van der Waals surface area (Å²) >= 11 is 0. The van der Waals surface area contributed by atoms with Gasteiger partial charge in [-0.15, -0.1) is 5.73 Å². The van der Waals surface area contributed by atoms with Crippen molar-refractivity contribution in [2.24, 2.45) is 5.92 Å². The van der Waals surface area contributed by atoms with Crippen molar-refractivity contribution in [2.75, 3.05) is 7.11 Å². The number of carboxylic acid groups (broad SMARTS) is 1. The summed E-state index contributed by atoms with van der Waals surface area (Å²) < 4.78 is 5.19. The molecule has 3 nitrogen and oxygen atoms in total. The van der Waals surface area contributed by atoms with Crippen LogP contribution in [0.3, 0.4) is 0 Å². The average Bonchev–Trinajstić information content (AvgIpc) is 2.47. The molecule has 0 radical (unpaired) electrons. The summed E-state index contributed by atoms with van der Waals surface area (Å²) in [5.74, 6) is -0.724. The van der Waals surface area contributed by atoms with Crippen LogP contribution in [0.25, 0.3) is 16.3 Å². The lowest BCUT2D eigenvalue weighted by Gasteiger charge is -2.11. The van der Waals surface area contributed by atoms with Crippen molar-refractivity contribution in [3.8, 4) is 5.75 Å². The Balaban J connectivity index is 2.51. The first-order chi connectivity index (χ1) is 9.56. The van der Waals surface area contributed by atoms with Crippen molar-refractivity contribution in [1.29, 1.82) is 0 Å². The van der Waals surface area contributed by atoms with Crippen LogP contribution in [0.4, 0.5) is 0 Å². The summed E-state index contributed by atoms with van der Waals surface area (Å²) in [6, 6.07) is 11.5. The minimum absolute atomic E-state index is 0.593. The maximum atomic E-state index is 11.1. The number of methoxy groups -OCH3 is 1. The molecule has 0 aliphatic heterocycles. The van der Waals surface area contributed by atoms with Gasteiger partial charge in [-0.05, 0) is 41.5 Å². The first-order valence-electron chi connectivity index (χ1n) is 6.27. The van der Waals surface area contributed by atoms with E-state index >= 15 is 0 Å². The second kappa shape index (κ2) is 5.64. The van der Waals surface area contributed by atoms with Gasteiger partial charge in [-0.2, -0.15) is 0 Å². The molecule has 0 aliphatic rings. The van der Waals surface area contributed by atoms with E-state index in [-0.39, 0.29) is 0 Å². The summed E-state index contributed by atoms with van der Waals surface area (Å²) in [6.07, 6.45) is 0. The number of carboxylic acids is 1. The largest absolute Gasteiger partial charge is 0.497 e. The third kappa shape index (κ3) is 2.58. The minimum atomic E-state index is -0.883. The molecule has 0 bridgehead atoms. The van der Waals surface area contributed by atoms with Crippen molar-refractivity contribution in [3.05, 3.63) is 54.3 Å². The lowest BCUT2D eigenvalue weighted by Crippen LogP contribution is -2.11. The standard InChI is InChI=1S/C17H16O3/c1-4-16(11(2)17(18)19)14-6-5-13-10-15(20-3)8-7-12(13)9-14/h5-11H,1H2,2-3H3,(H,18,19). The molecule has 1 atom stereocenters. The Morgan fingerprint density at radius 2 is 1.90 bits per heavy atom. The zero-order valence-electron chi connectivity index (χ0n) is 11.5. The molecule has 20 heavy (non-hydrogen) atoms. The predicted molar refractivity (Wildman–Crippen MR) is 79.8 cm³/mol. The summed E-state index contributed by atoms with van der Waals surface area (Å²) in [5.41, 5.74) is 4.17. The Morgan fingerprint density at radius 1 is 1.25 bits per heavy atom. The molecule has 0 heterocycles. The molecule has 0 aromatic heterocycles. The Morgan fingerprint density at radius 3 is 2.50 bits per heavy atom. The van der Waals surface area contributed by atoms with Gasteiger partial charge in [0.25, 0.3) is 0 Å². The highest BCUT2D eigenvalue weighted by atomic mass is 16.5. The Kier molecular flexibility index (Phi) is 3.92. The van der Waals surface area contributed by atoms with E-state index in [0.29, 0.717) is 5.57 Å². The van der Waals surface area contributed by atoms with E-state index in [1.807, 2.05) is 36.4 Å². The van der Waals surface area contributed by atoms with Gasteiger partial charge in [0.1, 0.15) is 5.75 Å². The fraction of sp³-hybridized carbons (Fsp3) is 0.176. The SMILES string of the molecule is C=C=C(c1ccc2cc(OC)ccc2c1)C(C)C(=O)O. The fourth-order valence-corrected chi connectivity index (χ4v) is 2.15. The van der Waals surface area contributed by atoms with Crippen LogP contribution < -0.4 is 4.74 Å². The third-order valence-electron chi connectivity index (χ3n) is 3.35. The van der Waals surface area contributed by atoms with E-state index in [4.69, 9.17) is 9.84 Å². The van der Waals surface area contributed by atoms with Crippen molar-refractivity contribution >= 4 is 22.3 Å². The molecular formula is C17H16O3. The maximum Gasteiger partial charge on any atom is 0.311 e. The van der Waals surface area contributed by atoms with Crippen molar-refractivity contribution in [3.63, 3.8) is 0 Å². The van der Waals surface area contributed by atoms with Crippen LogP contribution in [0.5, 0.6) is 5.75 Å². The number of ether oxygens (including phenoxy) is 1. The maximum absolute atomic E-state index is 11.1. The van der Waals surface area contributed by atoms with E-state index < -0.39 is 11.9 Å². The first kappa shape index (κ1) is 13.9. The summed E-state index contributed by atoms with van der Waals surface area (Å²) in [4.78, 5) is 11.1. The van der Waals surface area contributed by atoms with Crippen molar-refractivity contribution in [2.45, 2.75) is 6.92 Å². The Bertz CT molecular complexity index is 709. The van der Waals surface area contributed by atoms with E-state index in [0.717, 1.165) is 22.1 Å². The van der Waals surface area contributed by atoms with Gasteiger partial charge in [0.15, 0.2) is 0 Å². The second-order valence-corrected chi connectivity index (χ2v) is 4.58. The number of aliphatic carboxylic acids is 1. The molecule has 0 amide bonds. The van der Waals surface area contributed by atoms with Gasteiger partial charge in [0.2, 0.25) is 0 Å². The van der Waals surface area contributed by atoms with Gasteiger partial charge in [-0.3, -0.25) is 4.79 Å². The Labute approximate surface area is 117 Å². The summed E-state index contributed by atoms with van der Waals surface area (Å²) in [7, 11) is 1.63. The highest BCUT2D eigenvalue weighted by molar-refractivity contribution is 5.91. The minimum Gasteiger partial charge on any atom is -0.497 e. The molecule has 2 aromatic rings. The number of fused-ring (bicyclic) bond motifs is 1. The topological polar surface area (TPSA) is 46.5 Å². The molecule has 0 saturated carbocycles. The van der Waals surface area contributed by atoms with Crippen LogP contribution in [0, 0.1) is 5.92 Å². The van der Waals surface area contributed by atoms with E-state index in [1.165, 1.54) is 0 Å². The monoisotopic (exact) mass is 268 g/mol. The molecule has 0 aliphatic carbocycles. The van der Waals surface area contributed by atoms with Crippen molar-refractivity contribution in [1.82, 2.24) is 0 Å². The number of carbonyl (C=O) groups is 1. The molecule has 2 aromatic carbocycles. The second-order valence-electron chi connectivity index (χ2n) is 4.58. The van der Waals surface area contributed by atoms with Gasteiger partial charge in [0, 0.05) is 5.57 Å². The molecule has 2 rings (SSSR count). The number of rotatable bonds is 4. The molecule has 102 valence electrons. The van der Waals surface area contributed by atoms with Gasteiger partial charge < -0.3 is 9.84 Å². The van der Waals surface area contributed by atoms with Crippen LogP contribution >= 0.6 is 0 Å². The van der Waals surface area contributed by atoms with Gasteiger partial charge >= 0.3 is 5.97 Å². The van der Waals surface area contributed by atoms with Crippen LogP contribution in [0.1, 0.15) is 12.5 Å². The van der Waals surface area contributed by atoms with Crippen molar-refractivity contribution < 1.29 is 14.6 Å². The molecular weight excluding hydrogens is 252 g/mol. The summed E-state index contributed by atoms with van der Waals surface area (Å²) in [6.45, 7) is 5.24. The molecule has 0 saturated heterocycles. The zero-order chi connectivity index (χ0) is 14.7. The molecule has 0 fully saturated rings. The number of benzene rings is 2. The molecule has 1 N–H and O–H groups in total. The number of hydrogen-bond acceptors (Lipinski definition) is 2. The molecule has 3 heteroatoms. The van der Waals surface area contributed by atoms with Crippen LogP contribution in [-0.4, -0.2) is 18.2 Å². The van der Waals surface area contributed by atoms with Crippen LogP contribution in [-0.2, 0) is 4.79 Å². The predicted octanol–water partition coefficient (Wildman–Crippen LogP) is 3.74. The normalized spacial score (nSPS) is 11.7. The zero-order valence-corrected chi connectivity index (χ0v) is 11.5. The lowest BCUT2D eigenvalue weighted by atomic mass is 9.93. The quantitative estimate of drug-likeness (QED) is 0.859. The fourth-order valence-electron chi connectivity index (χ4n) is 2.15. The smallest absolute Gasteiger partial charge is 0.311 e. The third-order valence-corrected chi connectivity index (χ3v) is 3.35. The van der Waals surface area contributed by atoms with Gasteiger partial charge in [0.05, 0.1) is 13.0 Å². The molecule has 1 unspecified atom stereocenters. The van der Waals surface area contributed by atoms with Gasteiger partial charge in [-0.1, -0.05) is 24.8 Å². The lowest BCUT2D eigenvalue weighted by molar-refractivity contribution is -0.139. The van der Waals surface area contributed by atoms with Crippen LogP contribution in [0.2, 0.25) is 0 Å². The van der Waals surface area contributed by atoms with Crippen LogP contribution in [0.15, 0.2) is 48.7 Å². The number of hydrogen-bond donors (Lipinski definition) is 1. The van der Waals surface area contributed by atoms with E-state index in [1.54, 1.807) is 14.0 Å². The highest BCUT2D eigenvalue weighted by Gasteiger charge is 2.18. The summed E-state index contributed by atoms with van der Waals surface area (Å²) in [5, 5.41) is 11.2. The highest BCUT2D eigenvalue weighted by Crippen LogP contribution is 2.27. The molecule has 0 spiro atoms. The average molecular weight is 268 g/mol. The van der Waals surface area contributed by atoms with Gasteiger partial charge in [-0.25, -0.2) is 0 Å². The Hall–Kier alpha value is -2.51. The van der Waals surface area contributed by atoms with E-state index in [9.17, 15) is 4.79 Å².